The lowest BCUT2D eigenvalue weighted by Crippen LogP contribution is -1.81. The van der Waals surface area contributed by atoms with Gasteiger partial charge in [0.15, 0.2) is 0 Å². The summed E-state index contributed by atoms with van der Waals surface area (Å²) in [5.74, 6) is 0.476. The van der Waals surface area contributed by atoms with Crippen LogP contribution < -0.4 is 0 Å². The van der Waals surface area contributed by atoms with Crippen LogP contribution in [0.2, 0.25) is 0 Å². The van der Waals surface area contributed by atoms with E-state index in [9.17, 15) is 0 Å². The zero-order valence-corrected chi connectivity index (χ0v) is 11.3. The van der Waals surface area contributed by atoms with Crippen molar-refractivity contribution < 1.29 is 0 Å². The maximum absolute atomic E-state index is 5.72. The second kappa shape index (κ2) is 4.64. The smallest absolute Gasteiger partial charge is 0.123 e. The third-order valence-electron chi connectivity index (χ3n) is 2.11. The second-order valence-corrected chi connectivity index (χ2v) is 5.22. The Hall–Kier alpha value is -0.380. The Kier molecular flexibility index (Phi) is 3.44. The highest BCUT2D eigenvalue weighted by Gasteiger charge is 2.05. The van der Waals surface area contributed by atoms with E-state index < -0.39 is 0 Å². The molecular formula is C11H9BrClNS. The minimum absolute atomic E-state index is 0.476. The largest absolute Gasteiger partial charge is 0.240 e. The minimum atomic E-state index is 0.476. The molecule has 0 fully saturated rings. The number of nitrogens with zero attached hydrogens (tertiary/aromatic N) is 1. The van der Waals surface area contributed by atoms with Crippen LogP contribution >= 0.6 is 38.9 Å². The predicted molar refractivity (Wildman–Crippen MR) is 69.5 cm³/mol. The predicted octanol–water partition coefficient (Wildman–Crippen LogP) is 4.62. The van der Waals surface area contributed by atoms with Crippen LogP contribution in [0.3, 0.4) is 0 Å². The highest BCUT2D eigenvalue weighted by atomic mass is 79.9. The van der Waals surface area contributed by atoms with Crippen molar-refractivity contribution in [2.45, 2.75) is 12.8 Å². The summed E-state index contributed by atoms with van der Waals surface area (Å²) in [6.07, 6.45) is 0. The average Bonchev–Trinajstić information content (AvgIpc) is 2.70. The molecule has 15 heavy (non-hydrogen) atoms. The Balaban J connectivity index is 2.40. The summed E-state index contributed by atoms with van der Waals surface area (Å²) in [6.45, 7) is 2.07. The normalized spacial score (nSPS) is 10.6. The Bertz CT molecular complexity index is 481. The van der Waals surface area contributed by atoms with Crippen molar-refractivity contribution in [1.82, 2.24) is 4.98 Å². The van der Waals surface area contributed by atoms with Gasteiger partial charge in [-0.3, -0.25) is 0 Å². The molecule has 0 aliphatic carbocycles. The van der Waals surface area contributed by atoms with E-state index in [1.807, 2.05) is 5.38 Å². The van der Waals surface area contributed by atoms with Crippen molar-refractivity contribution in [3.8, 4) is 10.6 Å². The molecule has 0 aliphatic heterocycles. The second-order valence-electron chi connectivity index (χ2n) is 3.24. The first-order chi connectivity index (χ1) is 7.20. The van der Waals surface area contributed by atoms with E-state index >= 15 is 0 Å². The molecule has 2 rings (SSSR count). The summed E-state index contributed by atoms with van der Waals surface area (Å²) in [4.78, 5) is 4.44. The monoisotopic (exact) mass is 301 g/mol. The molecule has 1 aromatic heterocycles. The SMILES string of the molecule is Cc1ccc(-c2nc(CCl)cs2)cc1Br. The molecule has 0 unspecified atom stereocenters. The van der Waals surface area contributed by atoms with Gasteiger partial charge in [0.05, 0.1) is 11.6 Å². The zero-order valence-electron chi connectivity index (χ0n) is 8.13. The lowest BCUT2D eigenvalue weighted by atomic mass is 10.2. The Labute approximate surface area is 106 Å². The van der Waals surface area contributed by atoms with Crippen LogP contribution in [0.5, 0.6) is 0 Å². The zero-order chi connectivity index (χ0) is 10.8. The van der Waals surface area contributed by atoms with Gasteiger partial charge in [-0.15, -0.1) is 22.9 Å². The van der Waals surface area contributed by atoms with Gasteiger partial charge >= 0.3 is 0 Å². The first-order valence-corrected chi connectivity index (χ1v) is 6.68. The number of aryl methyl sites for hydroxylation is 1. The van der Waals surface area contributed by atoms with Crippen molar-refractivity contribution in [1.29, 1.82) is 0 Å². The Morgan fingerprint density at radius 1 is 1.47 bits per heavy atom. The topological polar surface area (TPSA) is 12.9 Å². The van der Waals surface area contributed by atoms with Crippen LogP contribution in [-0.4, -0.2) is 4.98 Å². The van der Waals surface area contributed by atoms with Crippen LogP contribution in [0.1, 0.15) is 11.3 Å². The summed E-state index contributed by atoms with van der Waals surface area (Å²) in [7, 11) is 0. The molecule has 0 saturated heterocycles. The van der Waals surface area contributed by atoms with E-state index in [-0.39, 0.29) is 0 Å². The van der Waals surface area contributed by atoms with Gasteiger partial charge < -0.3 is 0 Å². The van der Waals surface area contributed by atoms with Crippen molar-refractivity contribution in [3.05, 3.63) is 39.3 Å². The van der Waals surface area contributed by atoms with Gasteiger partial charge in [0.1, 0.15) is 5.01 Å². The maximum Gasteiger partial charge on any atom is 0.123 e. The van der Waals surface area contributed by atoms with Crippen LogP contribution in [-0.2, 0) is 5.88 Å². The Morgan fingerprint density at radius 3 is 2.87 bits per heavy atom. The van der Waals surface area contributed by atoms with E-state index in [1.165, 1.54) is 5.56 Å². The molecule has 2 aromatic rings. The molecule has 0 atom stereocenters. The molecule has 0 spiro atoms. The number of thiazole rings is 1. The molecule has 0 aliphatic rings. The summed E-state index contributed by atoms with van der Waals surface area (Å²) < 4.78 is 1.11. The summed E-state index contributed by atoms with van der Waals surface area (Å²) in [5, 5.41) is 3.02. The number of benzene rings is 1. The van der Waals surface area contributed by atoms with Gasteiger partial charge in [0.2, 0.25) is 0 Å². The number of hydrogen-bond donors (Lipinski definition) is 0. The van der Waals surface area contributed by atoms with Gasteiger partial charge in [-0.05, 0) is 18.6 Å². The third-order valence-corrected chi connectivity index (χ3v) is 4.18. The van der Waals surface area contributed by atoms with Crippen LogP contribution in [0, 0.1) is 6.92 Å². The molecule has 1 nitrogen and oxygen atoms in total. The average molecular weight is 303 g/mol. The van der Waals surface area contributed by atoms with Gasteiger partial charge in [-0.2, -0.15) is 0 Å². The molecule has 0 N–H and O–H groups in total. The summed E-state index contributed by atoms with van der Waals surface area (Å²) in [5.41, 5.74) is 3.30. The Morgan fingerprint density at radius 2 is 2.27 bits per heavy atom. The maximum atomic E-state index is 5.72. The van der Waals surface area contributed by atoms with Crippen LogP contribution in [0.25, 0.3) is 10.6 Å². The molecule has 0 saturated carbocycles. The van der Waals surface area contributed by atoms with E-state index in [0.717, 1.165) is 20.7 Å². The number of rotatable bonds is 2. The number of hydrogen-bond acceptors (Lipinski definition) is 2. The number of alkyl halides is 1. The highest BCUT2D eigenvalue weighted by molar-refractivity contribution is 9.10. The minimum Gasteiger partial charge on any atom is -0.240 e. The quantitative estimate of drug-likeness (QED) is 0.738. The van der Waals surface area contributed by atoms with Gasteiger partial charge in [-0.1, -0.05) is 28.1 Å². The first kappa shape index (κ1) is 11.1. The van der Waals surface area contributed by atoms with E-state index in [0.29, 0.717) is 5.88 Å². The fourth-order valence-corrected chi connectivity index (χ4v) is 2.65. The lowest BCUT2D eigenvalue weighted by molar-refractivity contribution is 1.23. The van der Waals surface area contributed by atoms with Gasteiger partial charge in [0, 0.05) is 15.4 Å². The molecule has 0 bridgehead atoms. The standard InChI is InChI=1S/C11H9BrClNS/c1-7-2-3-8(4-10(7)12)11-14-9(5-13)6-15-11/h2-4,6H,5H2,1H3. The first-order valence-electron chi connectivity index (χ1n) is 4.47. The van der Waals surface area contributed by atoms with Gasteiger partial charge in [0.25, 0.3) is 0 Å². The summed E-state index contributed by atoms with van der Waals surface area (Å²) >= 11 is 10.9. The molecule has 4 heteroatoms. The van der Waals surface area contributed by atoms with Crippen molar-refractivity contribution in [2.24, 2.45) is 0 Å². The highest BCUT2D eigenvalue weighted by Crippen LogP contribution is 2.28. The molecule has 78 valence electrons. The van der Waals surface area contributed by atoms with Crippen molar-refractivity contribution in [3.63, 3.8) is 0 Å². The molecule has 0 amide bonds. The van der Waals surface area contributed by atoms with E-state index in [1.54, 1.807) is 11.3 Å². The molecule has 0 radical (unpaired) electrons. The van der Waals surface area contributed by atoms with Crippen LogP contribution in [0.15, 0.2) is 28.1 Å². The number of halogens is 2. The number of aromatic nitrogens is 1. The molecular weight excluding hydrogens is 294 g/mol. The molecule has 1 aromatic carbocycles. The van der Waals surface area contributed by atoms with Crippen molar-refractivity contribution in [2.75, 3.05) is 0 Å². The van der Waals surface area contributed by atoms with E-state index in [4.69, 9.17) is 11.6 Å². The fourth-order valence-electron chi connectivity index (χ4n) is 1.23. The summed E-state index contributed by atoms with van der Waals surface area (Å²) in [6, 6.07) is 6.25. The van der Waals surface area contributed by atoms with E-state index in [2.05, 4.69) is 46.0 Å². The fraction of sp³-hybridized carbons (Fsp3) is 0.182. The van der Waals surface area contributed by atoms with Crippen molar-refractivity contribution >= 4 is 38.9 Å². The lowest BCUT2D eigenvalue weighted by Gasteiger charge is -2.00. The van der Waals surface area contributed by atoms with Crippen LogP contribution in [0.4, 0.5) is 0 Å². The third kappa shape index (κ3) is 2.41. The van der Waals surface area contributed by atoms with Gasteiger partial charge in [-0.25, -0.2) is 4.98 Å². The molecule has 1 heterocycles.